The summed E-state index contributed by atoms with van der Waals surface area (Å²) in [7, 11) is 0. The van der Waals surface area contributed by atoms with Gasteiger partial charge in [0.25, 0.3) is 0 Å². The summed E-state index contributed by atoms with van der Waals surface area (Å²) >= 11 is 0. The van der Waals surface area contributed by atoms with Crippen molar-refractivity contribution in [2.24, 2.45) is 0 Å². The normalized spacial score (nSPS) is 48.3. The highest BCUT2D eigenvalue weighted by atomic mass is 16.7. The molecule has 2 rings (SSSR count). The topological polar surface area (TPSA) is 149 Å². The van der Waals surface area contributed by atoms with Crippen molar-refractivity contribution in [3.63, 3.8) is 0 Å². The van der Waals surface area contributed by atoms with Crippen LogP contribution in [0.1, 0.15) is 12.8 Å². The van der Waals surface area contributed by atoms with E-state index in [4.69, 9.17) is 19.3 Å². The van der Waals surface area contributed by atoms with E-state index < -0.39 is 62.4 Å². The highest BCUT2D eigenvalue weighted by molar-refractivity contribution is 4.87. The Bertz CT molecular complexity index is 328. The molecule has 0 bridgehead atoms. The lowest BCUT2D eigenvalue weighted by Gasteiger charge is -2.42. The summed E-state index contributed by atoms with van der Waals surface area (Å²) in [5, 5.41) is 56.9. The van der Waals surface area contributed by atoms with Gasteiger partial charge in [-0.05, 0) is 0 Å². The molecule has 0 spiro atoms. The van der Waals surface area contributed by atoms with Gasteiger partial charge in [0.15, 0.2) is 12.6 Å². The molecule has 2 aliphatic rings. The molecule has 0 aliphatic carbocycles. The van der Waals surface area contributed by atoms with E-state index >= 15 is 0 Å². The van der Waals surface area contributed by atoms with Crippen molar-refractivity contribution in [2.75, 3.05) is 13.2 Å². The molecule has 0 aromatic rings. The molecule has 8 atom stereocenters. The maximum Gasteiger partial charge on any atom is 0.161 e. The van der Waals surface area contributed by atoms with Crippen LogP contribution in [0.15, 0.2) is 0 Å². The minimum Gasteiger partial charge on any atom is -0.394 e. The molecule has 0 aromatic carbocycles. The third-order valence-corrected chi connectivity index (χ3v) is 3.73. The van der Waals surface area contributed by atoms with Gasteiger partial charge < -0.3 is 44.8 Å². The van der Waals surface area contributed by atoms with E-state index in [-0.39, 0.29) is 12.8 Å². The van der Waals surface area contributed by atoms with Crippen LogP contribution in [0.2, 0.25) is 0 Å². The van der Waals surface area contributed by atoms with Crippen LogP contribution >= 0.6 is 0 Å². The molecular formula is C12H22O9. The Morgan fingerprint density at radius 3 is 2.14 bits per heavy atom. The second kappa shape index (κ2) is 7.27. The highest BCUT2D eigenvalue weighted by Gasteiger charge is 2.43. The molecular weight excluding hydrogens is 288 g/mol. The molecule has 3 unspecified atom stereocenters. The highest BCUT2D eigenvalue weighted by Crippen LogP contribution is 2.27. The predicted molar refractivity (Wildman–Crippen MR) is 65.8 cm³/mol. The predicted octanol–water partition coefficient (Wildman–Crippen LogP) is -3.34. The van der Waals surface area contributed by atoms with Gasteiger partial charge >= 0.3 is 0 Å². The molecule has 9 nitrogen and oxygen atoms in total. The first-order valence-corrected chi connectivity index (χ1v) is 6.86. The number of rotatable bonds is 4. The van der Waals surface area contributed by atoms with Crippen LogP contribution in [0.25, 0.3) is 0 Å². The Hall–Kier alpha value is -0.360. The largest absolute Gasteiger partial charge is 0.394 e. The van der Waals surface area contributed by atoms with Gasteiger partial charge in [0.1, 0.15) is 24.4 Å². The lowest BCUT2D eigenvalue weighted by atomic mass is 10.00. The van der Waals surface area contributed by atoms with Gasteiger partial charge in [-0.1, -0.05) is 0 Å². The molecule has 2 saturated heterocycles. The SMILES string of the molecule is OCC1O[C@H](O[C@H]2C(O)C[C@@H](O)O[C@@H]2CO)CC(O)[C@@H]1O. The second-order valence-corrected chi connectivity index (χ2v) is 5.30. The fraction of sp³-hybridized carbons (Fsp3) is 1.00. The lowest BCUT2D eigenvalue weighted by molar-refractivity contribution is -0.316. The van der Waals surface area contributed by atoms with Crippen LogP contribution in [0, 0.1) is 0 Å². The molecule has 0 saturated carbocycles. The molecule has 0 amide bonds. The number of hydrogen-bond acceptors (Lipinski definition) is 9. The number of aliphatic hydroxyl groups excluding tert-OH is 6. The van der Waals surface area contributed by atoms with E-state index in [0.29, 0.717) is 0 Å². The number of ether oxygens (including phenoxy) is 3. The van der Waals surface area contributed by atoms with E-state index in [1.54, 1.807) is 0 Å². The van der Waals surface area contributed by atoms with E-state index in [1.807, 2.05) is 0 Å². The van der Waals surface area contributed by atoms with Crippen molar-refractivity contribution in [1.82, 2.24) is 0 Å². The van der Waals surface area contributed by atoms with Crippen LogP contribution in [0.5, 0.6) is 0 Å². The minimum atomic E-state index is -1.22. The molecule has 9 heteroatoms. The first-order valence-electron chi connectivity index (χ1n) is 6.86. The van der Waals surface area contributed by atoms with Crippen LogP contribution in [-0.2, 0) is 14.2 Å². The van der Waals surface area contributed by atoms with Gasteiger partial charge in [-0.3, -0.25) is 0 Å². The first kappa shape index (κ1) is 17.0. The Labute approximate surface area is 121 Å². The van der Waals surface area contributed by atoms with E-state index in [2.05, 4.69) is 0 Å². The van der Waals surface area contributed by atoms with Crippen LogP contribution in [-0.4, -0.2) is 93.1 Å². The summed E-state index contributed by atoms with van der Waals surface area (Å²) in [5.74, 6) is 0. The summed E-state index contributed by atoms with van der Waals surface area (Å²) < 4.78 is 15.9. The molecule has 124 valence electrons. The molecule has 2 heterocycles. The van der Waals surface area contributed by atoms with Crippen molar-refractivity contribution in [2.45, 2.75) is 62.0 Å². The first-order chi connectivity index (χ1) is 9.96. The van der Waals surface area contributed by atoms with E-state index in [9.17, 15) is 25.5 Å². The third kappa shape index (κ3) is 3.89. The van der Waals surface area contributed by atoms with Crippen LogP contribution in [0.4, 0.5) is 0 Å². The van der Waals surface area contributed by atoms with Gasteiger partial charge in [0.05, 0.1) is 25.4 Å². The van der Waals surface area contributed by atoms with Crippen molar-refractivity contribution in [3.8, 4) is 0 Å². The summed E-state index contributed by atoms with van der Waals surface area (Å²) in [6.45, 7) is -0.968. The van der Waals surface area contributed by atoms with Crippen molar-refractivity contribution < 1.29 is 44.8 Å². The molecule has 0 aromatic heterocycles. The number of hydrogen-bond donors (Lipinski definition) is 6. The van der Waals surface area contributed by atoms with Gasteiger partial charge in [0.2, 0.25) is 0 Å². The maximum absolute atomic E-state index is 9.92. The lowest BCUT2D eigenvalue weighted by Crippen LogP contribution is -2.56. The van der Waals surface area contributed by atoms with Crippen molar-refractivity contribution in [3.05, 3.63) is 0 Å². The third-order valence-electron chi connectivity index (χ3n) is 3.73. The molecule has 2 aliphatic heterocycles. The van der Waals surface area contributed by atoms with Crippen molar-refractivity contribution >= 4 is 0 Å². The molecule has 2 fully saturated rings. The average Bonchev–Trinajstić information content (AvgIpc) is 2.45. The standard InChI is InChI=1S/C12H22O9/c13-3-7-11(18)5(15)2-10(20-7)21-12-6(16)1-9(17)19-8(12)4-14/h5-18H,1-4H2/t5?,6?,7?,8-,9+,10-,11+,12+/m1/s1. The van der Waals surface area contributed by atoms with E-state index in [1.165, 1.54) is 0 Å². The van der Waals surface area contributed by atoms with Crippen LogP contribution in [0.3, 0.4) is 0 Å². The quantitative estimate of drug-likeness (QED) is 0.313. The average molecular weight is 310 g/mol. The Kier molecular flexibility index (Phi) is 5.88. The monoisotopic (exact) mass is 310 g/mol. The summed E-state index contributed by atoms with van der Waals surface area (Å²) in [6.07, 6.45) is -8.64. The Morgan fingerprint density at radius 1 is 0.857 bits per heavy atom. The van der Waals surface area contributed by atoms with Gasteiger partial charge in [0, 0.05) is 12.8 Å². The van der Waals surface area contributed by atoms with Gasteiger partial charge in [-0.15, -0.1) is 0 Å². The fourth-order valence-corrected chi connectivity index (χ4v) is 2.58. The zero-order valence-electron chi connectivity index (χ0n) is 11.4. The molecule has 21 heavy (non-hydrogen) atoms. The maximum atomic E-state index is 9.92. The molecule has 0 radical (unpaired) electrons. The van der Waals surface area contributed by atoms with Gasteiger partial charge in [-0.25, -0.2) is 0 Å². The Morgan fingerprint density at radius 2 is 1.52 bits per heavy atom. The van der Waals surface area contributed by atoms with E-state index in [0.717, 1.165) is 0 Å². The minimum absolute atomic E-state index is 0.0540. The molecule has 6 N–H and O–H groups in total. The Balaban J connectivity index is 1.99. The smallest absolute Gasteiger partial charge is 0.161 e. The summed E-state index contributed by atoms with van der Waals surface area (Å²) in [5.41, 5.74) is 0. The van der Waals surface area contributed by atoms with Crippen LogP contribution < -0.4 is 0 Å². The zero-order chi connectivity index (χ0) is 15.6. The van der Waals surface area contributed by atoms with Gasteiger partial charge in [-0.2, -0.15) is 0 Å². The fourth-order valence-electron chi connectivity index (χ4n) is 2.58. The summed E-state index contributed by atoms with van der Waals surface area (Å²) in [4.78, 5) is 0. The number of aliphatic hydroxyl groups is 6. The zero-order valence-corrected chi connectivity index (χ0v) is 11.4. The second-order valence-electron chi connectivity index (χ2n) is 5.30. The summed E-state index contributed by atoms with van der Waals surface area (Å²) in [6, 6.07) is 0. The van der Waals surface area contributed by atoms with Crippen molar-refractivity contribution in [1.29, 1.82) is 0 Å².